The highest BCUT2D eigenvalue weighted by Gasteiger charge is 2.25. The first-order chi connectivity index (χ1) is 18.5. The van der Waals surface area contributed by atoms with Gasteiger partial charge in [0.25, 0.3) is 11.8 Å². The maximum absolute atomic E-state index is 13.2. The lowest BCUT2D eigenvalue weighted by atomic mass is 9.84. The standard InChI is InChI=1S/C31H38N4O3/c1-22-9-6-7-12-27(22)34-16-18-35(19-17-34)28-15-14-25(21-26(28)33-31(37)29-13-8-20-38-29)30(36)32-23(2)24-10-4-3-5-11-24/h6-9,12-15,20-21,23-24H,3-5,10-11,16-19H2,1-2H3,(H,32,36)(H,33,37). The van der Waals surface area contributed by atoms with E-state index in [9.17, 15) is 9.59 Å². The molecule has 2 heterocycles. The average molecular weight is 515 g/mol. The molecule has 1 aliphatic carbocycles. The van der Waals surface area contributed by atoms with Gasteiger partial charge in [0.2, 0.25) is 0 Å². The minimum Gasteiger partial charge on any atom is -0.459 e. The van der Waals surface area contributed by atoms with E-state index in [2.05, 4.69) is 58.5 Å². The van der Waals surface area contributed by atoms with Gasteiger partial charge in [-0.3, -0.25) is 9.59 Å². The predicted octanol–water partition coefficient (Wildman–Crippen LogP) is 5.87. The molecule has 1 saturated carbocycles. The van der Waals surface area contributed by atoms with Crippen LogP contribution in [-0.4, -0.2) is 44.0 Å². The lowest BCUT2D eigenvalue weighted by Gasteiger charge is -2.38. The molecule has 1 aliphatic heterocycles. The van der Waals surface area contributed by atoms with Crippen LogP contribution in [0.1, 0.15) is 65.5 Å². The summed E-state index contributed by atoms with van der Waals surface area (Å²) >= 11 is 0. The van der Waals surface area contributed by atoms with Gasteiger partial charge in [-0.05, 0) is 74.6 Å². The topological polar surface area (TPSA) is 77.8 Å². The van der Waals surface area contributed by atoms with E-state index in [4.69, 9.17) is 4.42 Å². The predicted molar refractivity (Wildman–Crippen MR) is 152 cm³/mol. The fraction of sp³-hybridized carbons (Fsp3) is 0.419. The molecule has 1 unspecified atom stereocenters. The molecule has 1 aromatic heterocycles. The molecular formula is C31H38N4O3. The fourth-order valence-corrected chi connectivity index (χ4v) is 5.79. The third kappa shape index (κ3) is 5.87. The third-order valence-corrected chi connectivity index (χ3v) is 8.04. The maximum atomic E-state index is 13.2. The Balaban J connectivity index is 1.34. The number of anilines is 3. The smallest absolute Gasteiger partial charge is 0.291 e. The molecule has 2 aromatic carbocycles. The van der Waals surface area contributed by atoms with Crippen molar-refractivity contribution >= 4 is 28.9 Å². The Bertz CT molecular complexity index is 1240. The molecule has 0 spiro atoms. The maximum Gasteiger partial charge on any atom is 0.291 e. The number of hydrogen-bond donors (Lipinski definition) is 2. The SMILES string of the molecule is Cc1ccccc1N1CCN(c2ccc(C(=O)NC(C)C3CCCCC3)cc2NC(=O)c2ccco2)CC1. The van der Waals surface area contributed by atoms with Gasteiger partial charge in [0.15, 0.2) is 5.76 Å². The molecule has 7 heteroatoms. The van der Waals surface area contributed by atoms with E-state index >= 15 is 0 Å². The summed E-state index contributed by atoms with van der Waals surface area (Å²) in [5, 5.41) is 6.22. The van der Waals surface area contributed by atoms with Crippen molar-refractivity contribution in [3.8, 4) is 0 Å². The second-order valence-electron chi connectivity index (χ2n) is 10.6. The van der Waals surface area contributed by atoms with Crippen molar-refractivity contribution in [2.24, 2.45) is 5.92 Å². The zero-order valence-electron chi connectivity index (χ0n) is 22.4. The summed E-state index contributed by atoms with van der Waals surface area (Å²) in [6.45, 7) is 7.61. The van der Waals surface area contributed by atoms with Gasteiger partial charge in [-0.1, -0.05) is 37.5 Å². The van der Waals surface area contributed by atoms with Crippen LogP contribution in [0.3, 0.4) is 0 Å². The molecule has 2 N–H and O–H groups in total. The van der Waals surface area contributed by atoms with Crippen LogP contribution in [0.5, 0.6) is 0 Å². The summed E-state index contributed by atoms with van der Waals surface area (Å²) in [7, 11) is 0. The molecule has 2 aliphatic rings. The van der Waals surface area contributed by atoms with Crippen LogP contribution in [0.4, 0.5) is 17.1 Å². The zero-order valence-corrected chi connectivity index (χ0v) is 22.4. The second kappa shape index (κ2) is 11.8. The molecule has 0 bridgehead atoms. The van der Waals surface area contributed by atoms with E-state index < -0.39 is 0 Å². The summed E-state index contributed by atoms with van der Waals surface area (Å²) in [6.07, 6.45) is 7.58. The van der Waals surface area contributed by atoms with Crippen LogP contribution in [0.25, 0.3) is 0 Å². The Morgan fingerprint density at radius 2 is 1.58 bits per heavy atom. The van der Waals surface area contributed by atoms with Crippen molar-refractivity contribution in [3.63, 3.8) is 0 Å². The quantitative estimate of drug-likeness (QED) is 0.413. The minimum absolute atomic E-state index is 0.104. The normalized spacial score (nSPS) is 17.2. The molecule has 3 aromatic rings. The number of carbonyl (C=O) groups excluding carboxylic acids is 2. The monoisotopic (exact) mass is 514 g/mol. The van der Waals surface area contributed by atoms with Crippen LogP contribution in [0, 0.1) is 12.8 Å². The van der Waals surface area contributed by atoms with Gasteiger partial charge in [-0.2, -0.15) is 0 Å². The van der Waals surface area contributed by atoms with Crippen molar-refractivity contribution in [3.05, 3.63) is 77.7 Å². The van der Waals surface area contributed by atoms with Gasteiger partial charge < -0.3 is 24.9 Å². The summed E-state index contributed by atoms with van der Waals surface area (Å²) in [6, 6.07) is 17.5. The number of piperazine rings is 1. The second-order valence-corrected chi connectivity index (χ2v) is 10.6. The molecule has 1 atom stereocenters. The van der Waals surface area contributed by atoms with Crippen LogP contribution >= 0.6 is 0 Å². The van der Waals surface area contributed by atoms with Gasteiger partial charge in [0.1, 0.15) is 0 Å². The van der Waals surface area contributed by atoms with Crippen molar-refractivity contribution in [1.82, 2.24) is 5.32 Å². The molecule has 1 saturated heterocycles. The van der Waals surface area contributed by atoms with E-state index in [1.165, 1.54) is 49.6 Å². The average Bonchev–Trinajstić information content (AvgIpc) is 3.49. The minimum atomic E-state index is -0.331. The van der Waals surface area contributed by atoms with Gasteiger partial charge in [-0.25, -0.2) is 0 Å². The fourth-order valence-electron chi connectivity index (χ4n) is 5.79. The number of para-hydroxylation sites is 1. The molecule has 38 heavy (non-hydrogen) atoms. The lowest BCUT2D eigenvalue weighted by molar-refractivity contribution is 0.0918. The van der Waals surface area contributed by atoms with Gasteiger partial charge in [0.05, 0.1) is 17.6 Å². The van der Waals surface area contributed by atoms with Gasteiger partial charge in [0, 0.05) is 43.5 Å². The van der Waals surface area contributed by atoms with E-state index in [0.29, 0.717) is 17.2 Å². The molecule has 2 fully saturated rings. The van der Waals surface area contributed by atoms with Gasteiger partial charge in [-0.15, -0.1) is 0 Å². The zero-order chi connectivity index (χ0) is 26.5. The largest absolute Gasteiger partial charge is 0.459 e. The van der Waals surface area contributed by atoms with E-state index in [1.807, 2.05) is 12.1 Å². The van der Waals surface area contributed by atoms with E-state index in [0.717, 1.165) is 31.9 Å². The number of furan rings is 1. The Morgan fingerprint density at radius 3 is 2.26 bits per heavy atom. The van der Waals surface area contributed by atoms with Crippen LogP contribution in [0.15, 0.2) is 65.3 Å². The number of nitrogens with one attached hydrogen (secondary N) is 2. The Morgan fingerprint density at radius 1 is 0.868 bits per heavy atom. The summed E-state index contributed by atoms with van der Waals surface area (Å²) in [5.41, 5.74) is 4.60. The molecule has 5 rings (SSSR count). The molecule has 2 amide bonds. The number of rotatable bonds is 7. The highest BCUT2D eigenvalue weighted by molar-refractivity contribution is 6.05. The Labute approximate surface area is 225 Å². The number of nitrogens with zero attached hydrogens (tertiary/aromatic N) is 2. The molecule has 7 nitrogen and oxygen atoms in total. The van der Waals surface area contributed by atoms with E-state index in [1.54, 1.807) is 18.2 Å². The molecular weight excluding hydrogens is 476 g/mol. The van der Waals surface area contributed by atoms with Crippen LogP contribution in [0.2, 0.25) is 0 Å². The first-order valence-corrected chi connectivity index (χ1v) is 13.8. The van der Waals surface area contributed by atoms with Crippen molar-refractivity contribution in [2.45, 2.75) is 52.0 Å². The number of amides is 2. The Kier molecular flexibility index (Phi) is 8.01. The number of hydrogen-bond acceptors (Lipinski definition) is 5. The summed E-state index contributed by atoms with van der Waals surface area (Å²) < 4.78 is 5.31. The van der Waals surface area contributed by atoms with Gasteiger partial charge >= 0.3 is 0 Å². The van der Waals surface area contributed by atoms with E-state index in [-0.39, 0.29) is 23.6 Å². The molecule has 200 valence electrons. The third-order valence-electron chi connectivity index (χ3n) is 8.04. The van der Waals surface area contributed by atoms with Crippen molar-refractivity contribution in [2.75, 3.05) is 41.3 Å². The van der Waals surface area contributed by atoms with Crippen molar-refractivity contribution < 1.29 is 14.0 Å². The molecule has 0 radical (unpaired) electrons. The Hall–Kier alpha value is -3.74. The summed E-state index contributed by atoms with van der Waals surface area (Å²) in [5.74, 6) is 0.325. The van der Waals surface area contributed by atoms with Crippen LogP contribution < -0.4 is 20.4 Å². The summed E-state index contributed by atoms with van der Waals surface area (Å²) in [4.78, 5) is 30.8. The van der Waals surface area contributed by atoms with Crippen molar-refractivity contribution in [1.29, 1.82) is 0 Å². The highest BCUT2D eigenvalue weighted by atomic mass is 16.3. The number of benzene rings is 2. The van der Waals surface area contributed by atoms with Crippen LogP contribution in [-0.2, 0) is 0 Å². The lowest BCUT2D eigenvalue weighted by Crippen LogP contribution is -2.47. The number of carbonyl (C=O) groups is 2. The highest BCUT2D eigenvalue weighted by Crippen LogP contribution is 2.31. The first kappa shape index (κ1) is 25.9. The number of aryl methyl sites for hydroxylation is 1. The first-order valence-electron chi connectivity index (χ1n) is 13.8.